The fourth-order valence-electron chi connectivity index (χ4n) is 3.39. The molecule has 0 bridgehead atoms. The van der Waals surface area contributed by atoms with Gasteiger partial charge in [-0.05, 0) is 49.2 Å². The van der Waals surface area contributed by atoms with Crippen molar-refractivity contribution in [3.8, 4) is 11.4 Å². The Balaban J connectivity index is 1.58. The van der Waals surface area contributed by atoms with Gasteiger partial charge >= 0.3 is 5.97 Å². The van der Waals surface area contributed by atoms with Crippen molar-refractivity contribution in [2.75, 3.05) is 13.7 Å². The highest BCUT2D eigenvalue weighted by molar-refractivity contribution is 5.78. The van der Waals surface area contributed by atoms with Crippen molar-refractivity contribution < 1.29 is 19.0 Å². The van der Waals surface area contributed by atoms with Gasteiger partial charge in [-0.2, -0.15) is 0 Å². The molecule has 0 N–H and O–H groups in total. The first kappa shape index (κ1) is 17.5. The Kier molecular flexibility index (Phi) is 5.07. The van der Waals surface area contributed by atoms with Gasteiger partial charge in [-0.25, -0.2) is 4.98 Å². The van der Waals surface area contributed by atoms with Crippen molar-refractivity contribution >= 4 is 17.0 Å². The van der Waals surface area contributed by atoms with E-state index in [1.807, 2.05) is 53.1 Å². The molecule has 0 amide bonds. The minimum atomic E-state index is -0.254. The van der Waals surface area contributed by atoms with E-state index in [4.69, 9.17) is 14.2 Å². The minimum absolute atomic E-state index is 0.0158. The number of nitrogens with zero attached hydrogens (tertiary/aromatic N) is 2. The van der Waals surface area contributed by atoms with Gasteiger partial charge in [-0.15, -0.1) is 0 Å². The van der Waals surface area contributed by atoms with Crippen LogP contribution in [0.15, 0.2) is 48.5 Å². The Bertz CT molecular complexity index is 927. The quantitative estimate of drug-likeness (QED) is 0.623. The molecule has 4 rings (SSSR count). The van der Waals surface area contributed by atoms with Crippen LogP contribution in [0.1, 0.15) is 25.1 Å². The number of para-hydroxylation sites is 2. The van der Waals surface area contributed by atoms with Gasteiger partial charge in [0.2, 0.25) is 0 Å². The van der Waals surface area contributed by atoms with Gasteiger partial charge in [0.15, 0.2) is 5.82 Å². The number of benzene rings is 2. The smallest absolute Gasteiger partial charge is 0.308 e. The molecule has 0 spiro atoms. The maximum atomic E-state index is 12.2. The fourth-order valence-corrected chi connectivity index (χ4v) is 3.39. The number of rotatable bonds is 6. The molecular weight excluding hydrogens is 344 g/mol. The van der Waals surface area contributed by atoms with E-state index in [1.165, 1.54) is 0 Å². The molecule has 6 heteroatoms. The van der Waals surface area contributed by atoms with Crippen LogP contribution >= 0.6 is 0 Å². The van der Waals surface area contributed by atoms with E-state index >= 15 is 0 Å². The molecule has 3 aromatic rings. The number of imidazole rings is 1. The van der Waals surface area contributed by atoms with Gasteiger partial charge < -0.3 is 14.2 Å². The molecule has 0 unspecified atom stereocenters. The summed E-state index contributed by atoms with van der Waals surface area (Å²) in [5.41, 5.74) is 2.76. The Morgan fingerprint density at radius 3 is 2.78 bits per heavy atom. The van der Waals surface area contributed by atoms with Crippen LogP contribution in [0, 0.1) is 0 Å². The number of carbonyl (C=O) groups excluding carboxylic acids is 1. The first-order valence-corrected chi connectivity index (χ1v) is 9.12. The Hall–Kier alpha value is -2.86. The second-order valence-corrected chi connectivity index (χ2v) is 6.55. The summed E-state index contributed by atoms with van der Waals surface area (Å²) in [5, 5.41) is 0. The number of carbonyl (C=O) groups is 1. The van der Waals surface area contributed by atoms with Crippen LogP contribution in [-0.2, 0) is 20.9 Å². The third-order valence-corrected chi connectivity index (χ3v) is 4.74. The zero-order valence-electron chi connectivity index (χ0n) is 15.3. The summed E-state index contributed by atoms with van der Waals surface area (Å²) < 4.78 is 18.3. The normalized spacial score (nSPS) is 16.6. The lowest BCUT2D eigenvalue weighted by Crippen LogP contribution is -2.16. The molecule has 6 nitrogen and oxygen atoms in total. The predicted molar refractivity (Wildman–Crippen MR) is 101 cm³/mol. The van der Waals surface area contributed by atoms with Crippen LogP contribution in [0.2, 0.25) is 0 Å². The highest BCUT2D eigenvalue weighted by Gasteiger charge is 2.21. The van der Waals surface area contributed by atoms with E-state index in [1.54, 1.807) is 7.11 Å². The number of hydrogen-bond acceptors (Lipinski definition) is 5. The summed E-state index contributed by atoms with van der Waals surface area (Å²) in [5.74, 6) is 1.21. The molecule has 0 saturated carbocycles. The van der Waals surface area contributed by atoms with Gasteiger partial charge in [-0.3, -0.25) is 9.36 Å². The summed E-state index contributed by atoms with van der Waals surface area (Å²) in [6, 6.07) is 15.6. The molecule has 0 aliphatic carbocycles. The third-order valence-electron chi connectivity index (χ3n) is 4.74. The Morgan fingerprint density at radius 2 is 2.04 bits per heavy atom. The molecule has 1 aromatic heterocycles. The van der Waals surface area contributed by atoms with Crippen molar-refractivity contribution in [3.05, 3.63) is 54.4 Å². The van der Waals surface area contributed by atoms with E-state index in [2.05, 4.69) is 4.98 Å². The second-order valence-electron chi connectivity index (χ2n) is 6.55. The summed E-state index contributed by atoms with van der Waals surface area (Å²) in [7, 11) is 1.64. The van der Waals surface area contributed by atoms with Gasteiger partial charge in [-0.1, -0.05) is 12.1 Å². The number of fused-ring (bicyclic) bond motifs is 1. The Morgan fingerprint density at radius 1 is 1.22 bits per heavy atom. The summed E-state index contributed by atoms with van der Waals surface area (Å²) in [4.78, 5) is 16.8. The van der Waals surface area contributed by atoms with Crippen LogP contribution in [-0.4, -0.2) is 35.3 Å². The standard InChI is InChI=1S/C21H22N2O4/c1-25-16-10-8-15(9-11-16)23-19-7-3-2-6-18(19)22-20(23)14-27-21(24)13-17-5-4-12-26-17/h2-3,6-11,17H,4-5,12-14H2,1H3/t17-/m0/s1. The van der Waals surface area contributed by atoms with Crippen molar-refractivity contribution in [1.29, 1.82) is 0 Å². The van der Waals surface area contributed by atoms with E-state index in [9.17, 15) is 4.79 Å². The number of esters is 1. The van der Waals surface area contributed by atoms with Crippen molar-refractivity contribution in [2.24, 2.45) is 0 Å². The SMILES string of the molecule is COc1ccc(-n2c(COC(=O)C[C@@H]3CCCO3)nc3ccccc32)cc1. The number of ether oxygens (including phenoxy) is 3. The van der Waals surface area contributed by atoms with Gasteiger partial charge in [0.05, 0.1) is 30.7 Å². The summed E-state index contributed by atoms with van der Waals surface area (Å²) in [6.45, 7) is 0.845. The van der Waals surface area contributed by atoms with Crippen LogP contribution in [0.3, 0.4) is 0 Å². The number of methoxy groups -OCH3 is 1. The minimum Gasteiger partial charge on any atom is -0.497 e. The lowest BCUT2D eigenvalue weighted by molar-refractivity contribution is -0.147. The van der Waals surface area contributed by atoms with Gasteiger partial charge in [0.25, 0.3) is 0 Å². The van der Waals surface area contributed by atoms with Crippen LogP contribution in [0.25, 0.3) is 16.7 Å². The molecule has 0 radical (unpaired) electrons. The fraction of sp³-hybridized carbons (Fsp3) is 0.333. The zero-order valence-corrected chi connectivity index (χ0v) is 15.3. The predicted octanol–water partition coefficient (Wildman–Crippen LogP) is 3.65. The highest BCUT2D eigenvalue weighted by Crippen LogP contribution is 2.24. The van der Waals surface area contributed by atoms with Gasteiger partial charge in [0.1, 0.15) is 12.4 Å². The van der Waals surface area contributed by atoms with Crippen molar-refractivity contribution in [3.63, 3.8) is 0 Å². The van der Waals surface area contributed by atoms with Crippen LogP contribution < -0.4 is 4.74 Å². The van der Waals surface area contributed by atoms with Crippen LogP contribution in [0.5, 0.6) is 5.75 Å². The lowest BCUT2D eigenvalue weighted by Gasteiger charge is -2.12. The first-order chi connectivity index (χ1) is 13.2. The third kappa shape index (κ3) is 3.80. The van der Waals surface area contributed by atoms with Crippen LogP contribution in [0.4, 0.5) is 0 Å². The largest absolute Gasteiger partial charge is 0.497 e. The van der Waals surface area contributed by atoms with Crippen molar-refractivity contribution in [1.82, 2.24) is 9.55 Å². The maximum absolute atomic E-state index is 12.2. The molecule has 1 aliphatic heterocycles. The molecule has 1 fully saturated rings. The molecule has 140 valence electrons. The van der Waals surface area contributed by atoms with Crippen molar-refractivity contribution in [2.45, 2.75) is 32.0 Å². The molecule has 2 aromatic carbocycles. The monoisotopic (exact) mass is 366 g/mol. The second kappa shape index (κ2) is 7.80. The maximum Gasteiger partial charge on any atom is 0.308 e. The average molecular weight is 366 g/mol. The summed E-state index contributed by atoms with van der Waals surface area (Å²) in [6.07, 6.45) is 2.20. The number of aromatic nitrogens is 2. The molecule has 27 heavy (non-hydrogen) atoms. The Labute approximate surface area is 157 Å². The number of hydrogen-bond donors (Lipinski definition) is 0. The van der Waals surface area contributed by atoms with E-state index < -0.39 is 0 Å². The highest BCUT2D eigenvalue weighted by atomic mass is 16.5. The van der Waals surface area contributed by atoms with Gasteiger partial charge in [0, 0.05) is 12.3 Å². The molecule has 1 saturated heterocycles. The van der Waals surface area contributed by atoms with E-state index in [-0.39, 0.29) is 18.7 Å². The molecule has 2 heterocycles. The molecule has 1 aliphatic rings. The topological polar surface area (TPSA) is 62.6 Å². The molecule has 1 atom stereocenters. The van der Waals surface area contributed by atoms with E-state index in [0.717, 1.165) is 41.9 Å². The zero-order chi connectivity index (χ0) is 18.6. The summed E-state index contributed by atoms with van der Waals surface area (Å²) >= 11 is 0. The first-order valence-electron chi connectivity index (χ1n) is 9.12. The van der Waals surface area contributed by atoms with E-state index in [0.29, 0.717) is 12.2 Å². The average Bonchev–Trinajstić information content (AvgIpc) is 3.33. The molecular formula is C21H22N2O4. The lowest BCUT2D eigenvalue weighted by atomic mass is 10.2.